The molecule has 1 aliphatic rings. The molecule has 15 heavy (non-hydrogen) atoms. The molecule has 0 spiro atoms. The number of β-amino-alcohol motifs (C(OH)–C–C–N with tert-alkyl or cyclic N) is 1. The Balaban J connectivity index is 2.07. The van der Waals surface area contributed by atoms with E-state index in [9.17, 15) is 9.90 Å². The van der Waals surface area contributed by atoms with Crippen LogP contribution in [0.2, 0.25) is 0 Å². The quantitative estimate of drug-likeness (QED) is 0.756. The highest BCUT2D eigenvalue weighted by atomic mass is 32.1. The fourth-order valence-corrected chi connectivity index (χ4v) is 2.30. The molecule has 1 aromatic rings. The van der Waals surface area contributed by atoms with Crippen molar-refractivity contribution >= 4 is 17.4 Å². The third-order valence-electron chi connectivity index (χ3n) is 2.39. The molecule has 1 amide bonds. The normalized spacial score (nSPS) is 21.7. The molecular weight excluding hydrogens is 214 g/mol. The van der Waals surface area contributed by atoms with Crippen molar-refractivity contribution in [2.24, 2.45) is 0 Å². The largest absolute Gasteiger partial charge is 0.391 e. The van der Waals surface area contributed by atoms with Gasteiger partial charge in [0.25, 0.3) is 5.91 Å². The number of likely N-dealkylation sites (tertiary alicyclic amines) is 1. The predicted octanol–water partition coefficient (Wildman–Crippen LogP) is 0.443. The summed E-state index contributed by atoms with van der Waals surface area (Å²) in [5.41, 5.74) is 0. The number of aromatic nitrogens is 2. The van der Waals surface area contributed by atoms with Gasteiger partial charge in [0.2, 0.25) is 5.01 Å². The maximum atomic E-state index is 11.9. The minimum atomic E-state index is -0.392. The van der Waals surface area contributed by atoms with Gasteiger partial charge < -0.3 is 10.0 Å². The lowest BCUT2D eigenvalue weighted by Crippen LogP contribution is -2.42. The number of aliphatic hydroxyl groups is 1. The first-order valence-electron chi connectivity index (χ1n) is 4.94. The summed E-state index contributed by atoms with van der Waals surface area (Å²) in [6, 6.07) is 0. The molecule has 0 bridgehead atoms. The Morgan fingerprint density at radius 1 is 1.67 bits per heavy atom. The molecule has 0 saturated carbocycles. The minimum Gasteiger partial charge on any atom is -0.391 e. The van der Waals surface area contributed by atoms with Gasteiger partial charge in [-0.25, -0.2) is 4.98 Å². The summed E-state index contributed by atoms with van der Waals surface area (Å²) < 4.78 is 3.97. The van der Waals surface area contributed by atoms with Crippen molar-refractivity contribution < 1.29 is 9.90 Å². The van der Waals surface area contributed by atoms with Gasteiger partial charge in [-0.15, -0.1) is 0 Å². The summed E-state index contributed by atoms with van der Waals surface area (Å²) in [7, 11) is 0. The van der Waals surface area contributed by atoms with Gasteiger partial charge in [-0.1, -0.05) is 0 Å². The van der Waals surface area contributed by atoms with Gasteiger partial charge in [-0.2, -0.15) is 4.37 Å². The van der Waals surface area contributed by atoms with E-state index >= 15 is 0 Å². The fraction of sp³-hybridized carbons (Fsp3) is 0.667. The predicted molar refractivity (Wildman–Crippen MR) is 55.8 cm³/mol. The number of amides is 1. The Kier molecular flexibility index (Phi) is 2.97. The van der Waals surface area contributed by atoms with Gasteiger partial charge >= 0.3 is 0 Å². The number of aryl methyl sites for hydroxylation is 1. The van der Waals surface area contributed by atoms with Crippen LogP contribution in [0, 0.1) is 6.92 Å². The molecule has 1 atom stereocenters. The number of piperidine rings is 1. The molecule has 2 rings (SSSR count). The molecule has 1 saturated heterocycles. The third-order valence-corrected chi connectivity index (χ3v) is 3.19. The van der Waals surface area contributed by atoms with E-state index in [2.05, 4.69) is 9.36 Å². The fourth-order valence-electron chi connectivity index (χ4n) is 1.66. The summed E-state index contributed by atoms with van der Waals surface area (Å²) in [4.78, 5) is 17.6. The molecular formula is C9H13N3O2S. The molecule has 2 heterocycles. The topological polar surface area (TPSA) is 66.3 Å². The Bertz CT molecular complexity index is 366. The van der Waals surface area contributed by atoms with E-state index in [0.29, 0.717) is 23.9 Å². The number of rotatable bonds is 1. The summed E-state index contributed by atoms with van der Waals surface area (Å²) >= 11 is 1.12. The molecule has 5 nitrogen and oxygen atoms in total. The highest BCUT2D eigenvalue weighted by Gasteiger charge is 2.25. The summed E-state index contributed by atoms with van der Waals surface area (Å²) in [6.45, 7) is 2.88. The van der Waals surface area contributed by atoms with Crippen LogP contribution in [0.1, 0.15) is 28.5 Å². The Labute approximate surface area is 91.9 Å². The standard InChI is InChI=1S/C9H13N3O2S/c1-6-10-8(15-11-6)9(14)12-4-2-3-7(13)5-12/h7,13H,2-5H2,1H3/t7-/m1/s1. The van der Waals surface area contributed by atoms with Crippen LogP contribution >= 0.6 is 11.5 Å². The van der Waals surface area contributed by atoms with E-state index < -0.39 is 6.10 Å². The van der Waals surface area contributed by atoms with Crippen LogP contribution < -0.4 is 0 Å². The SMILES string of the molecule is Cc1nsc(C(=O)N2CCC[C@@H](O)C2)n1. The van der Waals surface area contributed by atoms with Crippen molar-refractivity contribution in [3.63, 3.8) is 0 Å². The maximum absolute atomic E-state index is 11.9. The first-order chi connectivity index (χ1) is 7.16. The zero-order chi connectivity index (χ0) is 10.8. The Hall–Kier alpha value is -1.01. The number of aliphatic hydroxyl groups excluding tert-OH is 1. The van der Waals surface area contributed by atoms with E-state index in [1.165, 1.54) is 0 Å². The molecule has 0 radical (unpaired) electrons. The van der Waals surface area contributed by atoms with E-state index in [-0.39, 0.29) is 5.91 Å². The van der Waals surface area contributed by atoms with Gasteiger partial charge in [0.05, 0.1) is 6.10 Å². The molecule has 1 N–H and O–H groups in total. The molecule has 0 aromatic carbocycles. The minimum absolute atomic E-state index is 0.112. The van der Waals surface area contributed by atoms with Gasteiger partial charge in [-0.3, -0.25) is 4.79 Å². The second-order valence-corrected chi connectivity index (χ2v) is 4.45. The maximum Gasteiger partial charge on any atom is 0.284 e. The van der Waals surface area contributed by atoms with E-state index in [4.69, 9.17) is 0 Å². The number of hydrogen-bond acceptors (Lipinski definition) is 5. The zero-order valence-electron chi connectivity index (χ0n) is 8.51. The van der Waals surface area contributed by atoms with Crippen molar-refractivity contribution in [3.05, 3.63) is 10.8 Å². The van der Waals surface area contributed by atoms with E-state index in [1.54, 1.807) is 11.8 Å². The lowest BCUT2D eigenvalue weighted by molar-refractivity contribution is 0.0473. The summed E-state index contributed by atoms with van der Waals surface area (Å²) in [5.74, 6) is 0.514. The van der Waals surface area contributed by atoms with Crippen molar-refractivity contribution in [2.75, 3.05) is 13.1 Å². The molecule has 0 aliphatic carbocycles. The van der Waals surface area contributed by atoms with Crippen molar-refractivity contribution in [1.82, 2.24) is 14.3 Å². The van der Waals surface area contributed by atoms with E-state index in [0.717, 1.165) is 24.4 Å². The molecule has 6 heteroatoms. The van der Waals surface area contributed by atoms with Gasteiger partial charge in [0.1, 0.15) is 5.82 Å². The summed E-state index contributed by atoms with van der Waals surface area (Å²) in [6.07, 6.45) is 1.24. The van der Waals surface area contributed by atoms with Gasteiger partial charge in [0.15, 0.2) is 0 Å². The molecule has 1 fully saturated rings. The number of hydrogen-bond donors (Lipinski definition) is 1. The first-order valence-corrected chi connectivity index (χ1v) is 5.72. The number of carbonyl (C=O) groups is 1. The monoisotopic (exact) mass is 227 g/mol. The third kappa shape index (κ3) is 2.32. The van der Waals surface area contributed by atoms with Crippen LogP contribution in [-0.4, -0.2) is 44.5 Å². The summed E-state index contributed by atoms with van der Waals surface area (Å²) in [5, 5.41) is 9.87. The van der Waals surface area contributed by atoms with Crippen LogP contribution in [-0.2, 0) is 0 Å². The Morgan fingerprint density at radius 3 is 3.07 bits per heavy atom. The van der Waals surface area contributed by atoms with Gasteiger partial charge in [0, 0.05) is 13.1 Å². The molecule has 82 valence electrons. The molecule has 1 aliphatic heterocycles. The van der Waals surface area contributed by atoms with E-state index in [1.807, 2.05) is 0 Å². The van der Waals surface area contributed by atoms with Crippen LogP contribution in [0.25, 0.3) is 0 Å². The zero-order valence-corrected chi connectivity index (χ0v) is 9.33. The average molecular weight is 227 g/mol. The number of carbonyl (C=O) groups excluding carboxylic acids is 1. The lowest BCUT2D eigenvalue weighted by atomic mass is 10.1. The second kappa shape index (κ2) is 4.24. The van der Waals surface area contributed by atoms with Crippen LogP contribution in [0.15, 0.2) is 0 Å². The number of nitrogens with zero attached hydrogens (tertiary/aromatic N) is 3. The molecule has 0 unspecified atom stereocenters. The Morgan fingerprint density at radius 2 is 2.47 bits per heavy atom. The van der Waals surface area contributed by atoms with Crippen LogP contribution in [0.4, 0.5) is 0 Å². The average Bonchev–Trinajstić information content (AvgIpc) is 2.64. The van der Waals surface area contributed by atoms with Crippen molar-refractivity contribution in [1.29, 1.82) is 0 Å². The van der Waals surface area contributed by atoms with Crippen LogP contribution in [0.3, 0.4) is 0 Å². The van der Waals surface area contributed by atoms with Gasteiger partial charge in [-0.05, 0) is 31.3 Å². The van der Waals surface area contributed by atoms with Crippen LogP contribution in [0.5, 0.6) is 0 Å². The molecule has 1 aromatic heterocycles. The van der Waals surface area contributed by atoms with Crippen molar-refractivity contribution in [3.8, 4) is 0 Å². The highest BCUT2D eigenvalue weighted by molar-refractivity contribution is 7.07. The first kappa shape index (κ1) is 10.5. The second-order valence-electron chi connectivity index (χ2n) is 3.69. The lowest BCUT2D eigenvalue weighted by Gasteiger charge is -2.29. The smallest absolute Gasteiger partial charge is 0.284 e. The highest BCUT2D eigenvalue weighted by Crippen LogP contribution is 2.14. The van der Waals surface area contributed by atoms with Crippen molar-refractivity contribution in [2.45, 2.75) is 25.9 Å².